The van der Waals surface area contributed by atoms with Gasteiger partial charge in [0.05, 0.1) is 20.6 Å². The normalized spacial score (nSPS) is 10.4. The predicted octanol–water partition coefficient (Wildman–Crippen LogP) is 6.99. The SMILES string of the molecule is Cc1cccc(-c2cnc(C)s2)c1.Cc1nc(-c2cccc(F)c2)c(C)s1. The highest BCUT2D eigenvalue weighted by Gasteiger charge is 2.07. The fraction of sp³-hybridized carbons (Fsp3) is 0.182. The summed E-state index contributed by atoms with van der Waals surface area (Å²) >= 11 is 3.37. The van der Waals surface area contributed by atoms with Gasteiger partial charge in [-0.05, 0) is 45.4 Å². The molecule has 0 fully saturated rings. The second-order valence-electron chi connectivity index (χ2n) is 6.26. The minimum absolute atomic E-state index is 0.215. The van der Waals surface area contributed by atoms with Crippen LogP contribution in [0.4, 0.5) is 4.39 Å². The quantitative estimate of drug-likeness (QED) is 0.365. The second-order valence-corrected chi connectivity index (χ2v) is 8.90. The number of thiazole rings is 2. The summed E-state index contributed by atoms with van der Waals surface area (Å²) in [6.07, 6.45) is 1.94. The Kier molecular flexibility index (Phi) is 6.14. The first-order valence-electron chi connectivity index (χ1n) is 8.62. The van der Waals surface area contributed by atoms with Crippen molar-refractivity contribution in [3.05, 3.63) is 81.0 Å². The van der Waals surface area contributed by atoms with E-state index in [1.165, 1.54) is 28.1 Å². The predicted molar refractivity (Wildman–Crippen MR) is 114 cm³/mol. The third kappa shape index (κ3) is 5.08. The van der Waals surface area contributed by atoms with Gasteiger partial charge >= 0.3 is 0 Å². The molecule has 0 N–H and O–H groups in total. The molecule has 0 unspecified atom stereocenters. The largest absolute Gasteiger partial charge is 0.249 e. The molecule has 0 saturated heterocycles. The molecule has 4 rings (SSSR count). The number of halogens is 1. The van der Waals surface area contributed by atoms with Crippen LogP contribution < -0.4 is 0 Å². The van der Waals surface area contributed by atoms with Crippen LogP contribution in [-0.4, -0.2) is 9.97 Å². The minimum Gasteiger partial charge on any atom is -0.249 e. The lowest BCUT2D eigenvalue weighted by atomic mass is 10.1. The maximum atomic E-state index is 13.0. The first-order chi connectivity index (χ1) is 12.9. The Bertz CT molecular complexity index is 1050. The molecule has 4 aromatic rings. The molecule has 0 aliphatic carbocycles. The maximum absolute atomic E-state index is 13.0. The summed E-state index contributed by atoms with van der Waals surface area (Å²) in [6, 6.07) is 15.0. The van der Waals surface area contributed by atoms with Crippen LogP contribution >= 0.6 is 22.7 Å². The van der Waals surface area contributed by atoms with Crippen molar-refractivity contribution in [1.82, 2.24) is 9.97 Å². The fourth-order valence-corrected chi connectivity index (χ4v) is 4.34. The van der Waals surface area contributed by atoms with E-state index in [-0.39, 0.29) is 5.82 Å². The molecular weight excluding hydrogens is 375 g/mol. The highest BCUT2D eigenvalue weighted by molar-refractivity contribution is 7.15. The Labute approximate surface area is 167 Å². The molecule has 0 aliphatic heterocycles. The minimum atomic E-state index is -0.215. The Morgan fingerprint density at radius 3 is 2.15 bits per heavy atom. The molecule has 2 aromatic heterocycles. The summed E-state index contributed by atoms with van der Waals surface area (Å²) in [4.78, 5) is 11.0. The lowest BCUT2D eigenvalue weighted by Crippen LogP contribution is -1.82. The van der Waals surface area contributed by atoms with E-state index in [0.717, 1.165) is 26.1 Å². The van der Waals surface area contributed by atoms with E-state index >= 15 is 0 Å². The molecule has 138 valence electrons. The molecule has 0 amide bonds. The number of rotatable bonds is 2. The second kappa shape index (κ2) is 8.55. The Morgan fingerprint density at radius 2 is 1.56 bits per heavy atom. The maximum Gasteiger partial charge on any atom is 0.123 e. The van der Waals surface area contributed by atoms with E-state index in [0.29, 0.717) is 0 Å². The topological polar surface area (TPSA) is 25.8 Å². The van der Waals surface area contributed by atoms with Crippen molar-refractivity contribution >= 4 is 22.7 Å². The van der Waals surface area contributed by atoms with E-state index in [1.54, 1.807) is 28.7 Å². The summed E-state index contributed by atoms with van der Waals surface area (Å²) in [7, 11) is 0. The van der Waals surface area contributed by atoms with Gasteiger partial charge in [0.15, 0.2) is 0 Å². The van der Waals surface area contributed by atoms with Gasteiger partial charge in [-0.25, -0.2) is 14.4 Å². The third-order valence-electron chi connectivity index (χ3n) is 3.93. The monoisotopic (exact) mass is 396 g/mol. The molecular formula is C22H21FN2S2. The van der Waals surface area contributed by atoms with Crippen molar-refractivity contribution in [2.45, 2.75) is 27.7 Å². The zero-order chi connectivity index (χ0) is 19.4. The van der Waals surface area contributed by atoms with Crippen LogP contribution in [0.1, 0.15) is 20.5 Å². The van der Waals surface area contributed by atoms with Crippen LogP contribution in [0.15, 0.2) is 54.7 Å². The van der Waals surface area contributed by atoms with Gasteiger partial charge in [0.25, 0.3) is 0 Å². The Morgan fingerprint density at radius 1 is 0.815 bits per heavy atom. The molecule has 0 aliphatic rings. The van der Waals surface area contributed by atoms with Crippen LogP contribution in [0.25, 0.3) is 21.7 Å². The lowest BCUT2D eigenvalue weighted by molar-refractivity contribution is 0.628. The lowest BCUT2D eigenvalue weighted by Gasteiger charge is -1.97. The summed E-state index contributed by atoms with van der Waals surface area (Å²) in [5.74, 6) is -0.215. The van der Waals surface area contributed by atoms with E-state index in [2.05, 4.69) is 41.2 Å². The van der Waals surface area contributed by atoms with Crippen molar-refractivity contribution in [2.24, 2.45) is 0 Å². The zero-order valence-electron chi connectivity index (χ0n) is 15.8. The van der Waals surface area contributed by atoms with E-state index in [1.807, 2.05) is 33.0 Å². The van der Waals surface area contributed by atoms with Crippen LogP contribution in [0.2, 0.25) is 0 Å². The molecule has 0 spiro atoms. The van der Waals surface area contributed by atoms with Crippen LogP contribution in [-0.2, 0) is 0 Å². The summed E-state index contributed by atoms with van der Waals surface area (Å²) in [5, 5.41) is 2.14. The Balaban J connectivity index is 0.000000156. The first kappa shape index (κ1) is 19.4. The van der Waals surface area contributed by atoms with E-state index in [4.69, 9.17) is 0 Å². The van der Waals surface area contributed by atoms with E-state index in [9.17, 15) is 4.39 Å². The Hall–Kier alpha value is -2.37. The van der Waals surface area contributed by atoms with Crippen molar-refractivity contribution in [3.63, 3.8) is 0 Å². The highest BCUT2D eigenvalue weighted by atomic mass is 32.1. The van der Waals surface area contributed by atoms with Crippen LogP contribution in [0.3, 0.4) is 0 Å². The number of benzene rings is 2. The van der Waals surface area contributed by atoms with Crippen LogP contribution in [0.5, 0.6) is 0 Å². The van der Waals surface area contributed by atoms with Gasteiger partial charge in [0, 0.05) is 16.6 Å². The van der Waals surface area contributed by atoms with Crippen molar-refractivity contribution in [1.29, 1.82) is 0 Å². The van der Waals surface area contributed by atoms with Crippen molar-refractivity contribution in [2.75, 3.05) is 0 Å². The average Bonchev–Trinajstić information content (AvgIpc) is 3.20. The van der Waals surface area contributed by atoms with Gasteiger partial charge in [-0.2, -0.15) is 0 Å². The molecule has 0 bridgehead atoms. The van der Waals surface area contributed by atoms with Crippen molar-refractivity contribution in [3.8, 4) is 21.7 Å². The number of aryl methyl sites for hydroxylation is 4. The number of aromatic nitrogens is 2. The molecule has 27 heavy (non-hydrogen) atoms. The van der Waals surface area contributed by atoms with Gasteiger partial charge in [-0.3, -0.25) is 0 Å². The fourth-order valence-electron chi connectivity index (χ4n) is 2.73. The molecule has 0 radical (unpaired) electrons. The highest BCUT2D eigenvalue weighted by Crippen LogP contribution is 2.27. The number of hydrogen-bond donors (Lipinski definition) is 0. The number of hydrogen-bond acceptors (Lipinski definition) is 4. The smallest absolute Gasteiger partial charge is 0.123 e. The third-order valence-corrected chi connectivity index (χ3v) is 5.77. The zero-order valence-corrected chi connectivity index (χ0v) is 17.4. The average molecular weight is 397 g/mol. The summed E-state index contributed by atoms with van der Waals surface area (Å²) in [5.41, 5.74) is 4.31. The van der Waals surface area contributed by atoms with Crippen molar-refractivity contribution < 1.29 is 4.39 Å². The summed E-state index contributed by atoms with van der Waals surface area (Å²) in [6.45, 7) is 8.10. The van der Waals surface area contributed by atoms with E-state index < -0.39 is 0 Å². The van der Waals surface area contributed by atoms with Gasteiger partial charge in [0.1, 0.15) is 5.82 Å². The number of nitrogens with zero attached hydrogens (tertiary/aromatic N) is 2. The van der Waals surface area contributed by atoms with Gasteiger partial charge in [-0.15, -0.1) is 22.7 Å². The molecule has 0 atom stereocenters. The van der Waals surface area contributed by atoms with Gasteiger partial charge in [-0.1, -0.05) is 42.0 Å². The molecule has 0 saturated carbocycles. The summed E-state index contributed by atoms with van der Waals surface area (Å²) < 4.78 is 13.0. The van der Waals surface area contributed by atoms with Gasteiger partial charge < -0.3 is 0 Å². The standard InChI is InChI=1S/C11H10FNS.C11H11NS/c1-7-11(13-8(2)14-7)9-4-3-5-10(12)6-9;1-8-4-3-5-10(6-8)11-7-12-9(2)13-11/h3-6H,1-2H3;3-7H,1-2H3. The molecule has 2 heterocycles. The first-order valence-corrected chi connectivity index (χ1v) is 10.2. The molecule has 2 aromatic carbocycles. The van der Waals surface area contributed by atoms with Crippen LogP contribution in [0, 0.1) is 33.5 Å². The molecule has 5 heteroatoms. The van der Waals surface area contributed by atoms with Gasteiger partial charge in [0.2, 0.25) is 0 Å². The molecule has 2 nitrogen and oxygen atoms in total.